The average Bonchev–Trinajstić information content (AvgIpc) is 3.24. The Morgan fingerprint density at radius 2 is 1.76 bits per heavy atom. The van der Waals surface area contributed by atoms with Gasteiger partial charge in [0.1, 0.15) is 0 Å². The maximum Gasteiger partial charge on any atom is 0.214 e. The number of hydrogen-bond acceptors (Lipinski definition) is 3. The molecule has 1 aliphatic carbocycles. The number of hydrogen-bond donors (Lipinski definition) is 1. The van der Waals surface area contributed by atoms with Gasteiger partial charge in [-0.05, 0) is 72.8 Å². The van der Waals surface area contributed by atoms with E-state index in [4.69, 9.17) is 4.74 Å². The van der Waals surface area contributed by atoms with Crippen LogP contribution >= 0.6 is 0 Å². The number of sulfonamides is 1. The zero-order chi connectivity index (χ0) is 22.7. The Balaban J connectivity index is 1.18. The first-order chi connectivity index (χ1) is 16.1. The van der Waals surface area contributed by atoms with Gasteiger partial charge in [-0.3, -0.25) is 0 Å². The Morgan fingerprint density at radius 3 is 2.48 bits per heavy atom. The molecule has 0 spiro atoms. The summed E-state index contributed by atoms with van der Waals surface area (Å²) < 4.78 is 33.0. The Bertz CT molecular complexity index is 1160. The summed E-state index contributed by atoms with van der Waals surface area (Å²) >= 11 is 0. The van der Waals surface area contributed by atoms with E-state index in [-0.39, 0.29) is 5.75 Å². The van der Waals surface area contributed by atoms with Gasteiger partial charge in [-0.25, -0.2) is 12.7 Å². The van der Waals surface area contributed by atoms with Gasteiger partial charge in [0, 0.05) is 43.4 Å². The van der Waals surface area contributed by atoms with Gasteiger partial charge in [0.2, 0.25) is 10.0 Å². The van der Waals surface area contributed by atoms with Gasteiger partial charge in [-0.2, -0.15) is 0 Å². The Morgan fingerprint density at radius 1 is 0.970 bits per heavy atom. The molecule has 1 aliphatic heterocycles. The van der Waals surface area contributed by atoms with Gasteiger partial charge in [0.05, 0.1) is 5.75 Å². The lowest BCUT2D eigenvalue weighted by molar-refractivity contribution is 0.0709. The summed E-state index contributed by atoms with van der Waals surface area (Å²) in [7, 11) is -3.21. The minimum absolute atomic E-state index is 0.190. The van der Waals surface area contributed by atoms with Crippen LogP contribution < -0.4 is 0 Å². The SMILES string of the molecule is O=S(=O)(CCCOCC1CCC1)N1CCC(c2c[nH]c3ccc(-c4ccccc4)cc23)CC1. The highest BCUT2D eigenvalue weighted by atomic mass is 32.2. The van der Waals surface area contributed by atoms with Crippen molar-refractivity contribution in [2.75, 3.05) is 32.1 Å². The largest absolute Gasteiger partial charge is 0.381 e. The second kappa shape index (κ2) is 10.00. The highest BCUT2D eigenvalue weighted by Gasteiger charge is 2.29. The summed E-state index contributed by atoms with van der Waals surface area (Å²) in [5.74, 6) is 1.27. The maximum absolute atomic E-state index is 12.8. The molecular weight excluding hydrogens is 432 g/mol. The minimum atomic E-state index is -3.21. The molecule has 2 aliphatic rings. The zero-order valence-corrected chi connectivity index (χ0v) is 20.0. The van der Waals surface area contributed by atoms with E-state index in [1.54, 1.807) is 4.31 Å². The minimum Gasteiger partial charge on any atom is -0.381 e. The molecule has 1 aromatic heterocycles. The van der Waals surface area contributed by atoms with Crippen molar-refractivity contribution in [1.82, 2.24) is 9.29 Å². The van der Waals surface area contributed by atoms with Crippen LogP contribution in [-0.2, 0) is 14.8 Å². The lowest BCUT2D eigenvalue weighted by Gasteiger charge is -2.31. The normalized spacial score (nSPS) is 18.5. The number of nitrogens with one attached hydrogen (secondary N) is 1. The van der Waals surface area contributed by atoms with E-state index in [1.807, 2.05) is 6.07 Å². The van der Waals surface area contributed by atoms with E-state index in [0.29, 0.717) is 38.0 Å². The number of H-pyrrole nitrogens is 1. The molecule has 6 heteroatoms. The summed E-state index contributed by atoms with van der Waals surface area (Å²) in [6.07, 6.45) is 8.26. The molecule has 2 aromatic carbocycles. The molecule has 33 heavy (non-hydrogen) atoms. The standard InChI is InChI=1S/C27H34N2O3S/c30-33(31,17-5-16-32-20-21-6-4-7-21)29-14-12-23(13-15-29)26-19-28-27-11-10-24(18-25(26)27)22-8-2-1-3-9-22/h1-3,8-11,18-19,21,23,28H,4-7,12-17,20H2. The van der Waals surface area contributed by atoms with Crippen molar-refractivity contribution in [3.8, 4) is 11.1 Å². The number of piperidine rings is 1. The predicted molar refractivity (Wildman–Crippen MR) is 134 cm³/mol. The highest BCUT2D eigenvalue weighted by Crippen LogP contribution is 2.35. The van der Waals surface area contributed by atoms with Crippen LogP contribution in [-0.4, -0.2) is 49.8 Å². The molecule has 0 radical (unpaired) electrons. The van der Waals surface area contributed by atoms with Crippen LogP contribution in [0.3, 0.4) is 0 Å². The highest BCUT2D eigenvalue weighted by molar-refractivity contribution is 7.89. The third-order valence-corrected chi connectivity index (χ3v) is 9.33. The monoisotopic (exact) mass is 466 g/mol. The first-order valence-electron chi connectivity index (χ1n) is 12.3. The van der Waals surface area contributed by atoms with Crippen molar-refractivity contribution in [2.45, 2.75) is 44.4 Å². The van der Waals surface area contributed by atoms with E-state index < -0.39 is 10.0 Å². The molecule has 0 amide bonds. The topological polar surface area (TPSA) is 62.4 Å². The fraction of sp³-hybridized carbons (Fsp3) is 0.481. The van der Waals surface area contributed by atoms with Crippen molar-refractivity contribution >= 4 is 20.9 Å². The first-order valence-corrected chi connectivity index (χ1v) is 13.9. The van der Waals surface area contributed by atoms with Gasteiger partial charge in [-0.15, -0.1) is 0 Å². The molecule has 3 aromatic rings. The Hall–Kier alpha value is -2.15. The molecule has 2 fully saturated rings. The molecule has 5 rings (SSSR count). The number of aromatic nitrogens is 1. The molecule has 1 saturated carbocycles. The molecule has 5 nitrogen and oxygen atoms in total. The summed E-state index contributed by atoms with van der Waals surface area (Å²) in [4.78, 5) is 3.42. The molecule has 1 N–H and O–H groups in total. The molecule has 0 atom stereocenters. The van der Waals surface area contributed by atoms with Crippen LogP contribution in [0.1, 0.15) is 50.0 Å². The fourth-order valence-corrected chi connectivity index (χ4v) is 6.63. The van der Waals surface area contributed by atoms with Crippen LogP contribution in [0.4, 0.5) is 0 Å². The van der Waals surface area contributed by atoms with Gasteiger partial charge >= 0.3 is 0 Å². The molecule has 176 valence electrons. The van der Waals surface area contributed by atoms with E-state index in [2.05, 4.69) is 53.6 Å². The molecular formula is C27H34N2O3S. The zero-order valence-electron chi connectivity index (χ0n) is 19.2. The quantitative estimate of drug-likeness (QED) is 0.421. The van der Waals surface area contributed by atoms with Crippen LogP contribution in [0, 0.1) is 5.92 Å². The number of nitrogens with zero attached hydrogens (tertiary/aromatic N) is 1. The predicted octanol–water partition coefficient (Wildman–Crippen LogP) is 5.55. The Labute approximate surface area is 197 Å². The van der Waals surface area contributed by atoms with E-state index in [0.717, 1.165) is 25.0 Å². The first kappa shape index (κ1) is 22.6. The van der Waals surface area contributed by atoms with Crippen molar-refractivity contribution < 1.29 is 13.2 Å². The lowest BCUT2D eigenvalue weighted by atomic mass is 9.86. The summed E-state index contributed by atoms with van der Waals surface area (Å²) in [5, 5.41) is 1.25. The van der Waals surface area contributed by atoms with Crippen molar-refractivity contribution in [3.63, 3.8) is 0 Å². The van der Waals surface area contributed by atoms with Gasteiger partial charge in [0.25, 0.3) is 0 Å². The molecule has 1 saturated heterocycles. The summed E-state index contributed by atoms with van der Waals surface area (Å²) in [6, 6.07) is 17.0. The van der Waals surface area contributed by atoms with E-state index >= 15 is 0 Å². The Kier molecular flexibility index (Phi) is 6.86. The van der Waals surface area contributed by atoms with Crippen LogP contribution in [0.2, 0.25) is 0 Å². The molecule has 0 bridgehead atoms. The number of ether oxygens (including phenoxy) is 1. The van der Waals surface area contributed by atoms with Crippen molar-refractivity contribution in [2.24, 2.45) is 5.92 Å². The van der Waals surface area contributed by atoms with Crippen molar-refractivity contribution in [3.05, 3.63) is 60.3 Å². The third kappa shape index (κ3) is 5.18. The van der Waals surface area contributed by atoms with Crippen molar-refractivity contribution in [1.29, 1.82) is 0 Å². The van der Waals surface area contributed by atoms with Gasteiger partial charge < -0.3 is 9.72 Å². The van der Waals surface area contributed by atoms with Crippen LogP contribution in [0.15, 0.2) is 54.7 Å². The van der Waals surface area contributed by atoms with Crippen LogP contribution in [0.25, 0.3) is 22.0 Å². The van der Waals surface area contributed by atoms with E-state index in [1.165, 1.54) is 41.3 Å². The molecule has 2 heterocycles. The summed E-state index contributed by atoms with van der Waals surface area (Å²) in [6.45, 7) is 2.54. The fourth-order valence-electron chi connectivity index (χ4n) is 5.12. The molecule has 0 unspecified atom stereocenters. The van der Waals surface area contributed by atoms with Gasteiger partial charge in [-0.1, -0.05) is 42.8 Å². The number of benzene rings is 2. The number of aromatic amines is 1. The van der Waals surface area contributed by atoms with Gasteiger partial charge in [0.15, 0.2) is 0 Å². The number of rotatable bonds is 9. The second-order valence-electron chi connectivity index (χ2n) is 9.59. The van der Waals surface area contributed by atoms with E-state index in [9.17, 15) is 8.42 Å². The van der Waals surface area contributed by atoms with Crippen LogP contribution in [0.5, 0.6) is 0 Å². The lowest BCUT2D eigenvalue weighted by Crippen LogP contribution is -2.39. The number of fused-ring (bicyclic) bond motifs is 1. The third-order valence-electron chi connectivity index (χ3n) is 7.38. The second-order valence-corrected chi connectivity index (χ2v) is 11.7. The smallest absolute Gasteiger partial charge is 0.214 e. The maximum atomic E-state index is 12.8. The summed E-state index contributed by atoms with van der Waals surface area (Å²) in [5.41, 5.74) is 4.87. The average molecular weight is 467 g/mol.